The van der Waals surface area contributed by atoms with Crippen molar-refractivity contribution in [2.45, 2.75) is 6.04 Å². The standard InChI is InChI=1S/C13H11ClN4O3/c14-10-4-2-1-3-9(10)12(19)17-5-8(6-17)18-7-11(13(20)21)15-16-18/h1-4,7-8H,5-6H2,(H,20,21). The van der Waals surface area contributed by atoms with Gasteiger partial charge in [0, 0.05) is 13.1 Å². The van der Waals surface area contributed by atoms with Crippen molar-refractivity contribution in [2.75, 3.05) is 13.1 Å². The lowest BCUT2D eigenvalue weighted by Crippen LogP contribution is -2.51. The van der Waals surface area contributed by atoms with Gasteiger partial charge in [0.2, 0.25) is 0 Å². The summed E-state index contributed by atoms with van der Waals surface area (Å²) in [6.07, 6.45) is 1.37. The number of amides is 1. The number of benzene rings is 1. The first-order valence-corrected chi connectivity index (χ1v) is 6.63. The number of nitrogens with zero attached hydrogens (tertiary/aromatic N) is 4. The smallest absolute Gasteiger partial charge is 0.358 e. The molecule has 1 aliphatic heterocycles. The van der Waals surface area contributed by atoms with Crippen molar-refractivity contribution in [1.82, 2.24) is 19.9 Å². The number of carboxylic acids is 1. The quantitative estimate of drug-likeness (QED) is 0.924. The van der Waals surface area contributed by atoms with Gasteiger partial charge in [-0.3, -0.25) is 4.79 Å². The molecule has 2 aromatic rings. The Kier molecular flexibility index (Phi) is 3.34. The third-order valence-electron chi connectivity index (χ3n) is 3.36. The molecule has 0 aliphatic carbocycles. The lowest BCUT2D eigenvalue weighted by atomic mass is 10.1. The first-order chi connectivity index (χ1) is 10.1. The summed E-state index contributed by atoms with van der Waals surface area (Å²) in [7, 11) is 0. The van der Waals surface area contributed by atoms with Crippen LogP contribution in [0.5, 0.6) is 0 Å². The van der Waals surface area contributed by atoms with Crippen molar-refractivity contribution in [1.29, 1.82) is 0 Å². The van der Waals surface area contributed by atoms with E-state index >= 15 is 0 Å². The first kappa shape index (κ1) is 13.6. The zero-order valence-electron chi connectivity index (χ0n) is 10.8. The van der Waals surface area contributed by atoms with E-state index in [9.17, 15) is 9.59 Å². The molecule has 1 aromatic carbocycles. The zero-order valence-corrected chi connectivity index (χ0v) is 11.6. The summed E-state index contributed by atoms with van der Waals surface area (Å²) >= 11 is 6.00. The summed E-state index contributed by atoms with van der Waals surface area (Å²) in [4.78, 5) is 24.6. The largest absolute Gasteiger partial charge is 0.476 e. The Morgan fingerprint density at radius 2 is 2.00 bits per heavy atom. The third-order valence-corrected chi connectivity index (χ3v) is 3.69. The van der Waals surface area contributed by atoms with Gasteiger partial charge in [0.25, 0.3) is 5.91 Å². The highest BCUT2D eigenvalue weighted by Gasteiger charge is 2.34. The Hall–Kier alpha value is -2.41. The van der Waals surface area contributed by atoms with Crippen molar-refractivity contribution in [3.8, 4) is 0 Å². The van der Waals surface area contributed by atoms with Gasteiger partial charge in [0.05, 0.1) is 22.8 Å². The second kappa shape index (κ2) is 5.17. The van der Waals surface area contributed by atoms with Crippen LogP contribution in [-0.4, -0.2) is 50.0 Å². The number of carboxylic acid groups (broad SMARTS) is 1. The van der Waals surface area contributed by atoms with E-state index in [0.29, 0.717) is 23.7 Å². The third kappa shape index (κ3) is 2.47. The fourth-order valence-electron chi connectivity index (χ4n) is 2.15. The lowest BCUT2D eigenvalue weighted by molar-refractivity contribution is 0.0497. The van der Waals surface area contributed by atoms with Crippen molar-refractivity contribution < 1.29 is 14.7 Å². The molecule has 0 saturated carbocycles. The number of halogens is 1. The number of rotatable bonds is 3. The van der Waals surface area contributed by atoms with Crippen molar-refractivity contribution in [3.05, 3.63) is 46.7 Å². The number of carbonyl (C=O) groups excluding carboxylic acids is 1. The van der Waals surface area contributed by atoms with Crippen LogP contribution in [0.2, 0.25) is 5.02 Å². The monoisotopic (exact) mass is 306 g/mol. The molecule has 0 atom stereocenters. The minimum atomic E-state index is -1.12. The molecule has 7 nitrogen and oxygen atoms in total. The Morgan fingerprint density at radius 1 is 1.29 bits per heavy atom. The van der Waals surface area contributed by atoms with Gasteiger partial charge in [-0.05, 0) is 12.1 Å². The first-order valence-electron chi connectivity index (χ1n) is 6.25. The van der Waals surface area contributed by atoms with Gasteiger partial charge < -0.3 is 10.0 Å². The molecule has 1 aromatic heterocycles. The highest BCUT2D eigenvalue weighted by atomic mass is 35.5. The van der Waals surface area contributed by atoms with Gasteiger partial charge in [-0.2, -0.15) is 0 Å². The van der Waals surface area contributed by atoms with Gasteiger partial charge in [-0.15, -0.1) is 5.10 Å². The molecular formula is C13H11ClN4O3. The van der Waals surface area contributed by atoms with Crippen LogP contribution >= 0.6 is 11.6 Å². The van der Waals surface area contributed by atoms with Gasteiger partial charge in [-0.25, -0.2) is 9.48 Å². The fourth-order valence-corrected chi connectivity index (χ4v) is 2.36. The molecule has 0 spiro atoms. The predicted octanol–water partition coefficient (Wildman–Crippen LogP) is 1.33. The molecule has 1 aliphatic rings. The molecule has 0 unspecified atom stereocenters. The summed E-state index contributed by atoms with van der Waals surface area (Å²) in [5.41, 5.74) is 0.355. The van der Waals surface area contributed by atoms with Gasteiger partial charge in [0.15, 0.2) is 5.69 Å². The van der Waals surface area contributed by atoms with Crippen LogP contribution in [0.1, 0.15) is 26.9 Å². The average Bonchev–Trinajstić information content (AvgIpc) is 2.87. The van der Waals surface area contributed by atoms with Crippen LogP contribution in [0, 0.1) is 0 Å². The number of carbonyl (C=O) groups is 2. The molecule has 8 heteroatoms. The summed E-state index contributed by atoms with van der Waals surface area (Å²) in [6.45, 7) is 0.902. The highest BCUT2D eigenvalue weighted by molar-refractivity contribution is 6.33. The van der Waals surface area contributed by atoms with Crippen molar-refractivity contribution in [2.24, 2.45) is 0 Å². The molecule has 1 saturated heterocycles. The van der Waals surface area contributed by atoms with Crippen LogP contribution in [0.15, 0.2) is 30.5 Å². The Bertz CT molecular complexity index is 709. The maximum absolute atomic E-state index is 12.2. The number of hydrogen-bond donors (Lipinski definition) is 1. The SMILES string of the molecule is O=C(O)c1cn(C2CN(C(=O)c3ccccc3Cl)C2)nn1. The molecule has 108 valence electrons. The highest BCUT2D eigenvalue weighted by Crippen LogP contribution is 2.25. The molecule has 21 heavy (non-hydrogen) atoms. The predicted molar refractivity (Wildman–Crippen MR) is 73.4 cm³/mol. The molecule has 2 heterocycles. The van der Waals surface area contributed by atoms with E-state index in [2.05, 4.69) is 10.3 Å². The van der Waals surface area contributed by atoms with E-state index in [1.165, 1.54) is 10.9 Å². The van der Waals surface area contributed by atoms with E-state index in [1.54, 1.807) is 29.2 Å². The topological polar surface area (TPSA) is 88.3 Å². The molecular weight excluding hydrogens is 296 g/mol. The van der Waals surface area contributed by atoms with Crippen molar-refractivity contribution >= 4 is 23.5 Å². The molecule has 1 N–H and O–H groups in total. The van der Waals surface area contributed by atoms with Crippen LogP contribution in [0.4, 0.5) is 0 Å². The fraction of sp³-hybridized carbons (Fsp3) is 0.231. The minimum absolute atomic E-state index is 0.0583. The van der Waals surface area contributed by atoms with E-state index in [-0.39, 0.29) is 17.6 Å². The minimum Gasteiger partial charge on any atom is -0.476 e. The Balaban J connectivity index is 1.66. The van der Waals surface area contributed by atoms with E-state index in [4.69, 9.17) is 16.7 Å². The van der Waals surface area contributed by atoms with E-state index in [1.807, 2.05) is 0 Å². The van der Waals surface area contributed by atoms with Crippen LogP contribution in [0.25, 0.3) is 0 Å². The van der Waals surface area contributed by atoms with Crippen LogP contribution in [0.3, 0.4) is 0 Å². The average molecular weight is 307 g/mol. The van der Waals surface area contributed by atoms with Gasteiger partial charge in [-0.1, -0.05) is 28.9 Å². The zero-order chi connectivity index (χ0) is 15.0. The van der Waals surface area contributed by atoms with Gasteiger partial charge >= 0.3 is 5.97 Å². The second-order valence-corrected chi connectivity index (χ2v) is 5.14. The molecule has 3 rings (SSSR count). The molecule has 0 radical (unpaired) electrons. The maximum atomic E-state index is 12.2. The summed E-state index contributed by atoms with van der Waals surface area (Å²) in [6, 6.07) is 6.81. The summed E-state index contributed by atoms with van der Waals surface area (Å²) in [5, 5.41) is 16.5. The van der Waals surface area contributed by atoms with Gasteiger partial charge in [0.1, 0.15) is 0 Å². The number of aromatic carboxylic acids is 1. The summed E-state index contributed by atoms with van der Waals surface area (Å²) in [5.74, 6) is -1.26. The molecule has 0 bridgehead atoms. The van der Waals surface area contributed by atoms with E-state index < -0.39 is 5.97 Å². The number of aromatic nitrogens is 3. The Labute approximate surface area is 124 Å². The molecule has 1 amide bonds. The molecule has 1 fully saturated rings. The maximum Gasteiger partial charge on any atom is 0.358 e. The number of likely N-dealkylation sites (tertiary alicyclic amines) is 1. The van der Waals surface area contributed by atoms with E-state index in [0.717, 1.165) is 0 Å². The van der Waals surface area contributed by atoms with Crippen LogP contribution < -0.4 is 0 Å². The number of hydrogen-bond acceptors (Lipinski definition) is 4. The van der Waals surface area contributed by atoms with Crippen molar-refractivity contribution in [3.63, 3.8) is 0 Å². The normalized spacial score (nSPS) is 14.8. The Morgan fingerprint density at radius 3 is 2.62 bits per heavy atom. The van der Waals surface area contributed by atoms with Crippen LogP contribution in [-0.2, 0) is 0 Å². The summed E-state index contributed by atoms with van der Waals surface area (Å²) < 4.78 is 1.47. The lowest BCUT2D eigenvalue weighted by Gasteiger charge is -2.39. The second-order valence-electron chi connectivity index (χ2n) is 4.73.